The molecule has 8 heteroatoms. The lowest BCUT2D eigenvalue weighted by molar-refractivity contribution is -0.384. The van der Waals surface area contributed by atoms with Crippen LogP contribution in [0, 0.1) is 16.0 Å². The number of nitro groups is 1. The van der Waals surface area contributed by atoms with Crippen LogP contribution in [0.15, 0.2) is 127 Å². The number of hydrogen-bond acceptors (Lipinski definition) is 7. The number of esters is 2. The number of carbonyl (C=O) groups is 2. The lowest BCUT2D eigenvalue weighted by Gasteiger charge is -2.44. The predicted molar refractivity (Wildman–Crippen MR) is 161 cm³/mol. The molecule has 2 aliphatic rings. The molecule has 1 heterocycles. The van der Waals surface area contributed by atoms with Gasteiger partial charge in [-0.15, -0.1) is 0 Å². The average Bonchev–Trinajstić information content (AvgIpc) is 3.57. The Hall–Kier alpha value is -5.24. The summed E-state index contributed by atoms with van der Waals surface area (Å²) < 4.78 is 11.0. The molecule has 1 aliphatic carbocycles. The summed E-state index contributed by atoms with van der Waals surface area (Å²) in [5, 5.41) is 11.6. The van der Waals surface area contributed by atoms with E-state index < -0.39 is 46.2 Å². The largest absolute Gasteiger partial charge is 0.467 e. The molecular weight excluding hydrogens is 544 g/mol. The Balaban J connectivity index is 1.73. The number of carbonyl (C=O) groups excluding carboxylic acids is 2. The number of para-hydroxylation sites is 1. The van der Waals surface area contributed by atoms with Crippen LogP contribution in [0.25, 0.3) is 0 Å². The quantitative estimate of drug-likeness (QED) is 0.144. The molecule has 5 atom stereocenters. The highest BCUT2D eigenvalue weighted by Crippen LogP contribution is 2.66. The van der Waals surface area contributed by atoms with Gasteiger partial charge in [0, 0.05) is 41.1 Å². The summed E-state index contributed by atoms with van der Waals surface area (Å²) >= 11 is 0. The summed E-state index contributed by atoms with van der Waals surface area (Å²) in [5.41, 5.74) is 2.20. The van der Waals surface area contributed by atoms with Gasteiger partial charge in [0.15, 0.2) is 5.54 Å². The summed E-state index contributed by atoms with van der Waals surface area (Å²) in [6.45, 7) is 0. The number of ether oxygens (including phenoxy) is 2. The fraction of sp³-hybridized carbons (Fsp3) is 0.200. The zero-order valence-corrected chi connectivity index (χ0v) is 23.7. The predicted octanol–water partition coefficient (Wildman–Crippen LogP) is 6.36. The third-order valence-corrected chi connectivity index (χ3v) is 8.76. The summed E-state index contributed by atoms with van der Waals surface area (Å²) in [4.78, 5) is 41.4. The van der Waals surface area contributed by atoms with E-state index in [2.05, 4.69) is 4.90 Å². The van der Waals surface area contributed by atoms with Gasteiger partial charge in [-0.25, -0.2) is 9.59 Å². The van der Waals surface area contributed by atoms with Gasteiger partial charge in [0.05, 0.1) is 25.2 Å². The first-order valence-corrected chi connectivity index (χ1v) is 14.0. The minimum atomic E-state index is -1.41. The van der Waals surface area contributed by atoms with Crippen LogP contribution >= 0.6 is 0 Å². The van der Waals surface area contributed by atoms with E-state index in [0.717, 1.165) is 22.4 Å². The lowest BCUT2D eigenvalue weighted by Crippen LogP contribution is -2.58. The number of anilines is 1. The minimum absolute atomic E-state index is 0.0375. The van der Waals surface area contributed by atoms with E-state index in [1.807, 2.05) is 97.1 Å². The second-order valence-electron chi connectivity index (χ2n) is 10.7. The average molecular weight is 575 g/mol. The fourth-order valence-corrected chi connectivity index (χ4v) is 7.18. The van der Waals surface area contributed by atoms with Gasteiger partial charge in [0.25, 0.3) is 5.69 Å². The molecule has 4 aromatic carbocycles. The maximum Gasteiger partial charge on any atom is 0.333 e. The fourth-order valence-electron chi connectivity index (χ4n) is 7.18. The van der Waals surface area contributed by atoms with Gasteiger partial charge in [-0.1, -0.05) is 97.1 Å². The third-order valence-electron chi connectivity index (χ3n) is 8.76. The Morgan fingerprint density at radius 2 is 1.30 bits per heavy atom. The molecule has 0 aromatic heterocycles. The Labute approximate surface area is 249 Å². The first-order valence-electron chi connectivity index (χ1n) is 14.0. The van der Waals surface area contributed by atoms with Crippen LogP contribution in [0.1, 0.15) is 34.6 Å². The molecule has 1 unspecified atom stereocenters. The zero-order valence-electron chi connectivity index (χ0n) is 23.7. The van der Waals surface area contributed by atoms with Gasteiger partial charge in [-0.3, -0.25) is 10.1 Å². The lowest BCUT2D eigenvalue weighted by atomic mass is 9.70. The molecule has 0 bridgehead atoms. The van der Waals surface area contributed by atoms with E-state index in [9.17, 15) is 19.7 Å². The van der Waals surface area contributed by atoms with Crippen molar-refractivity contribution in [3.63, 3.8) is 0 Å². The van der Waals surface area contributed by atoms with Crippen molar-refractivity contribution in [2.24, 2.45) is 5.92 Å². The highest BCUT2D eigenvalue weighted by atomic mass is 16.6. The maximum absolute atomic E-state index is 14.6. The van der Waals surface area contributed by atoms with Gasteiger partial charge in [-0.2, -0.15) is 0 Å². The Morgan fingerprint density at radius 1 is 0.744 bits per heavy atom. The molecule has 0 amide bonds. The topological polar surface area (TPSA) is 99.0 Å². The molecular formula is C35H30N2O6. The second kappa shape index (κ2) is 11.2. The highest BCUT2D eigenvalue weighted by Gasteiger charge is 2.71. The van der Waals surface area contributed by atoms with Crippen molar-refractivity contribution in [3.05, 3.63) is 154 Å². The van der Waals surface area contributed by atoms with E-state index in [4.69, 9.17) is 9.47 Å². The number of hydrogen-bond donors (Lipinski definition) is 0. The normalized spacial score (nSPS) is 24.1. The number of methoxy groups -OCH3 is 2. The van der Waals surface area contributed by atoms with Crippen LogP contribution in [0.5, 0.6) is 0 Å². The van der Waals surface area contributed by atoms with Crippen molar-refractivity contribution in [1.29, 1.82) is 0 Å². The molecule has 1 fully saturated rings. The van der Waals surface area contributed by atoms with Crippen molar-refractivity contribution in [2.75, 3.05) is 19.1 Å². The van der Waals surface area contributed by atoms with Gasteiger partial charge < -0.3 is 14.4 Å². The van der Waals surface area contributed by atoms with Gasteiger partial charge >= 0.3 is 11.9 Å². The zero-order chi connectivity index (χ0) is 30.1. The van der Waals surface area contributed by atoms with Crippen LogP contribution in [0.4, 0.5) is 11.4 Å². The summed E-state index contributed by atoms with van der Waals surface area (Å²) in [7, 11) is 2.71. The Morgan fingerprint density at radius 3 is 1.84 bits per heavy atom. The number of rotatable bonds is 7. The molecule has 0 N–H and O–H groups in total. The molecule has 0 spiro atoms. The van der Waals surface area contributed by atoms with Crippen LogP contribution in [0.3, 0.4) is 0 Å². The molecule has 4 aromatic rings. The van der Waals surface area contributed by atoms with Crippen molar-refractivity contribution >= 4 is 23.3 Å². The molecule has 0 saturated carbocycles. The number of fused-ring (bicyclic) bond motifs is 1. The molecule has 1 saturated heterocycles. The SMILES string of the molecule is COC(=O)C1=C[C@H](c2ccccc2)[C@]2(C(=O)OC)C1[C@@H](c1ccccc1)[C@@H](c1ccc([N+](=O)[O-])cc1)N2c1ccccc1. The Kier molecular flexibility index (Phi) is 7.27. The first-order chi connectivity index (χ1) is 20.9. The summed E-state index contributed by atoms with van der Waals surface area (Å²) in [6, 6.07) is 34.9. The first kappa shape index (κ1) is 27.9. The molecule has 1 aliphatic heterocycles. The van der Waals surface area contributed by atoms with E-state index >= 15 is 0 Å². The van der Waals surface area contributed by atoms with Crippen LogP contribution < -0.4 is 4.90 Å². The second-order valence-corrected chi connectivity index (χ2v) is 10.7. The van der Waals surface area contributed by atoms with Crippen LogP contribution in [-0.2, 0) is 19.1 Å². The monoisotopic (exact) mass is 574 g/mol. The van der Waals surface area contributed by atoms with Gasteiger partial charge in [0.1, 0.15) is 0 Å². The molecule has 8 nitrogen and oxygen atoms in total. The molecule has 43 heavy (non-hydrogen) atoms. The van der Waals surface area contributed by atoms with E-state index in [-0.39, 0.29) is 5.69 Å². The number of nitrogens with zero attached hydrogens (tertiary/aromatic N) is 2. The van der Waals surface area contributed by atoms with Crippen LogP contribution in [0.2, 0.25) is 0 Å². The molecule has 216 valence electrons. The van der Waals surface area contributed by atoms with E-state index in [0.29, 0.717) is 5.57 Å². The molecule has 6 rings (SSSR count). The number of non-ortho nitro benzene ring substituents is 1. The van der Waals surface area contributed by atoms with E-state index in [1.54, 1.807) is 12.1 Å². The Bertz CT molecular complexity index is 1670. The minimum Gasteiger partial charge on any atom is -0.467 e. The summed E-state index contributed by atoms with van der Waals surface area (Å²) in [5.74, 6) is -2.73. The van der Waals surface area contributed by atoms with E-state index in [1.165, 1.54) is 26.4 Å². The van der Waals surface area contributed by atoms with Crippen molar-refractivity contribution < 1.29 is 24.0 Å². The highest BCUT2D eigenvalue weighted by molar-refractivity contribution is 5.99. The van der Waals surface area contributed by atoms with Crippen molar-refractivity contribution in [3.8, 4) is 0 Å². The standard InChI is InChI=1S/C35H30N2O6/c1-42-33(38)28-22-29(23-12-6-3-7-13-23)35(34(39)43-2)31(28)30(24-14-8-4-9-15-24)32(36(35)26-16-10-5-11-17-26)25-18-20-27(21-19-25)37(40)41/h3-22,29-32H,1-2H3/t29-,30-,31?,32-,35-/m1/s1. The van der Waals surface area contributed by atoms with Gasteiger partial charge in [0.2, 0.25) is 0 Å². The van der Waals surface area contributed by atoms with Crippen molar-refractivity contribution in [2.45, 2.75) is 23.4 Å². The summed E-state index contributed by atoms with van der Waals surface area (Å²) in [6.07, 6.45) is 1.86. The van der Waals surface area contributed by atoms with Gasteiger partial charge in [-0.05, 0) is 28.8 Å². The van der Waals surface area contributed by atoms with Crippen molar-refractivity contribution in [1.82, 2.24) is 0 Å². The maximum atomic E-state index is 14.6. The van der Waals surface area contributed by atoms with Crippen LogP contribution in [-0.4, -0.2) is 36.6 Å². The third kappa shape index (κ3) is 4.37. The number of benzene rings is 4. The number of nitro benzene ring substituents is 1. The smallest absolute Gasteiger partial charge is 0.333 e. The molecule has 0 radical (unpaired) electrons.